The first-order valence-electron chi connectivity index (χ1n) is 9.49. The zero-order valence-electron chi connectivity index (χ0n) is 17.0. The number of ether oxygens (including phenoxy) is 3. The average Bonchev–Trinajstić information content (AvgIpc) is 3.32. The maximum Gasteiger partial charge on any atom is 0.310 e. The minimum atomic E-state index is -0.512. The van der Waals surface area contributed by atoms with E-state index in [0.29, 0.717) is 43.2 Å². The van der Waals surface area contributed by atoms with E-state index in [-0.39, 0.29) is 30.6 Å². The van der Waals surface area contributed by atoms with Crippen molar-refractivity contribution in [2.24, 2.45) is 0 Å². The van der Waals surface area contributed by atoms with E-state index in [1.165, 1.54) is 20.5 Å². The van der Waals surface area contributed by atoms with Crippen molar-refractivity contribution in [2.75, 3.05) is 47.0 Å². The van der Waals surface area contributed by atoms with Crippen molar-refractivity contribution < 1.29 is 33.0 Å². The van der Waals surface area contributed by atoms with Gasteiger partial charge < -0.3 is 28.4 Å². The second-order valence-corrected chi connectivity index (χ2v) is 6.68. The number of hydrogen-bond acceptors (Lipinski definition) is 7. The van der Waals surface area contributed by atoms with E-state index in [0.717, 1.165) is 0 Å². The van der Waals surface area contributed by atoms with Gasteiger partial charge in [-0.1, -0.05) is 6.07 Å². The summed E-state index contributed by atoms with van der Waals surface area (Å²) >= 11 is 0. The number of rotatable bonds is 7. The molecule has 1 aliphatic rings. The second kappa shape index (κ2) is 9.82. The van der Waals surface area contributed by atoms with Crippen molar-refractivity contribution in [1.82, 2.24) is 9.80 Å². The lowest BCUT2D eigenvalue weighted by molar-refractivity contribution is -0.152. The quantitative estimate of drug-likeness (QED) is 0.629. The van der Waals surface area contributed by atoms with Crippen molar-refractivity contribution in [3.63, 3.8) is 0 Å². The largest absolute Gasteiger partial charge is 0.493 e. The topological polar surface area (TPSA) is 98.5 Å². The van der Waals surface area contributed by atoms with Gasteiger partial charge in [-0.25, -0.2) is 0 Å². The van der Waals surface area contributed by atoms with Crippen molar-refractivity contribution in [3.05, 3.63) is 47.9 Å². The molecule has 1 aromatic carbocycles. The van der Waals surface area contributed by atoms with Gasteiger partial charge in [0, 0.05) is 26.2 Å². The van der Waals surface area contributed by atoms with Crippen LogP contribution >= 0.6 is 0 Å². The summed E-state index contributed by atoms with van der Waals surface area (Å²) in [4.78, 5) is 39.9. The molecule has 2 heterocycles. The fourth-order valence-corrected chi connectivity index (χ4v) is 3.16. The number of amides is 2. The number of furan rings is 1. The molecular formula is C21H24N2O7. The van der Waals surface area contributed by atoms with Crippen LogP contribution in [0.1, 0.15) is 16.1 Å². The van der Waals surface area contributed by atoms with Gasteiger partial charge in [0.1, 0.15) is 0 Å². The number of piperazine rings is 1. The molecule has 1 aromatic heterocycles. The minimum absolute atomic E-state index is 0.0130. The van der Waals surface area contributed by atoms with Crippen LogP contribution in [0.3, 0.4) is 0 Å². The third-order valence-corrected chi connectivity index (χ3v) is 4.80. The van der Waals surface area contributed by atoms with E-state index in [9.17, 15) is 14.4 Å². The Bertz CT molecular complexity index is 887. The molecule has 0 radical (unpaired) electrons. The Morgan fingerprint density at radius 2 is 1.67 bits per heavy atom. The highest BCUT2D eigenvalue weighted by atomic mass is 16.5. The predicted octanol–water partition coefficient (Wildman–Crippen LogP) is 1.37. The van der Waals surface area contributed by atoms with Crippen LogP contribution in [-0.2, 0) is 20.7 Å². The van der Waals surface area contributed by atoms with Gasteiger partial charge in [-0.2, -0.15) is 0 Å². The van der Waals surface area contributed by atoms with E-state index in [1.807, 2.05) is 0 Å². The first-order chi connectivity index (χ1) is 14.5. The van der Waals surface area contributed by atoms with Gasteiger partial charge in [0.05, 0.1) is 26.9 Å². The zero-order chi connectivity index (χ0) is 21.5. The number of benzene rings is 1. The number of nitrogens with zero attached hydrogens (tertiary/aromatic N) is 2. The lowest BCUT2D eigenvalue weighted by atomic mass is 10.1. The summed E-state index contributed by atoms with van der Waals surface area (Å²) in [6, 6.07) is 8.40. The molecule has 1 saturated heterocycles. The molecule has 3 rings (SSSR count). The van der Waals surface area contributed by atoms with Crippen LogP contribution in [0.25, 0.3) is 0 Å². The van der Waals surface area contributed by atoms with Crippen LogP contribution < -0.4 is 9.47 Å². The van der Waals surface area contributed by atoms with Gasteiger partial charge in [-0.3, -0.25) is 14.4 Å². The van der Waals surface area contributed by atoms with Crippen LogP contribution in [0.2, 0.25) is 0 Å². The maximum absolute atomic E-state index is 12.3. The van der Waals surface area contributed by atoms with Gasteiger partial charge in [0.2, 0.25) is 0 Å². The van der Waals surface area contributed by atoms with Gasteiger partial charge in [0.25, 0.3) is 11.8 Å². The molecule has 0 spiro atoms. The second-order valence-electron chi connectivity index (χ2n) is 6.68. The third kappa shape index (κ3) is 5.11. The molecule has 0 N–H and O–H groups in total. The van der Waals surface area contributed by atoms with E-state index in [1.54, 1.807) is 40.1 Å². The SMILES string of the molecule is COc1ccc(CC(=O)OCC(=O)N2CCN(C(=O)c3ccco3)CC2)cc1OC. The number of carbonyl (C=O) groups excluding carboxylic acids is 3. The Kier molecular flexibility index (Phi) is 6.95. The molecule has 0 aliphatic carbocycles. The van der Waals surface area contributed by atoms with Gasteiger partial charge in [-0.15, -0.1) is 0 Å². The molecule has 160 valence electrons. The zero-order valence-corrected chi connectivity index (χ0v) is 17.0. The summed E-state index contributed by atoms with van der Waals surface area (Å²) in [5.41, 5.74) is 0.690. The normalized spacial score (nSPS) is 13.7. The monoisotopic (exact) mass is 416 g/mol. The summed E-state index contributed by atoms with van der Waals surface area (Å²) in [5, 5.41) is 0. The lowest BCUT2D eigenvalue weighted by Crippen LogP contribution is -2.51. The van der Waals surface area contributed by atoms with E-state index < -0.39 is 5.97 Å². The Labute approximate surface area is 174 Å². The number of methoxy groups -OCH3 is 2. The fourth-order valence-electron chi connectivity index (χ4n) is 3.16. The lowest BCUT2D eigenvalue weighted by Gasteiger charge is -2.34. The molecule has 0 bridgehead atoms. The Morgan fingerprint density at radius 1 is 0.967 bits per heavy atom. The molecule has 0 saturated carbocycles. The molecule has 30 heavy (non-hydrogen) atoms. The molecule has 0 unspecified atom stereocenters. The molecule has 2 aromatic rings. The predicted molar refractivity (Wildman–Crippen MR) is 105 cm³/mol. The van der Waals surface area contributed by atoms with Crippen LogP contribution in [0, 0.1) is 0 Å². The van der Waals surface area contributed by atoms with Gasteiger partial charge in [-0.05, 0) is 29.8 Å². The van der Waals surface area contributed by atoms with Crippen LogP contribution in [0.5, 0.6) is 11.5 Å². The highest BCUT2D eigenvalue weighted by Crippen LogP contribution is 2.27. The highest BCUT2D eigenvalue weighted by molar-refractivity contribution is 5.91. The Balaban J connectivity index is 1.43. The molecular weight excluding hydrogens is 392 g/mol. The summed E-state index contributed by atoms with van der Waals surface area (Å²) in [7, 11) is 3.05. The number of carbonyl (C=O) groups is 3. The maximum atomic E-state index is 12.3. The fraction of sp³-hybridized carbons (Fsp3) is 0.381. The Morgan fingerprint density at radius 3 is 2.30 bits per heavy atom. The highest BCUT2D eigenvalue weighted by Gasteiger charge is 2.26. The smallest absolute Gasteiger partial charge is 0.310 e. The molecule has 0 atom stereocenters. The number of hydrogen-bond donors (Lipinski definition) is 0. The molecule has 9 heteroatoms. The van der Waals surface area contributed by atoms with E-state index >= 15 is 0 Å². The molecule has 9 nitrogen and oxygen atoms in total. The third-order valence-electron chi connectivity index (χ3n) is 4.80. The number of esters is 1. The van der Waals surface area contributed by atoms with Crippen molar-refractivity contribution in [2.45, 2.75) is 6.42 Å². The van der Waals surface area contributed by atoms with E-state index in [2.05, 4.69) is 0 Å². The first kappa shape index (κ1) is 21.2. The summed E-state index contributed by atoms with van der Waals surface area (Å²) in [6.45, 7) is 1.20. The minimum Gasteiger partial charge on any atom is -0.493 e. The van der Waals surface area contributed by atoms with Crippen LogP contribution in [0.15, 0.2) is 41.0 Å². The summed E-state index contributed by atoms with van der Waals surface area (Å²) < 4.78 is 20.6. The van der Waals surface area contributed by atoms with Crippen LogP contribution in [-0.4, -0.2) is 74.6 Å². The Hall–Kier alpha value is -3.49. The molecule has 1 aliphatic heterocycles. The van der Waals surface area contributed by atoms with Gasteiger partial charge in [0.15, 0.2) is 23.9 Å². The van der Waals surface area contributed by atoms with Crippen molar-refractivity contribution in [1.29, 1.82) is 0 Å². The van der Waals surface area contributed by atoms with Gasteiger partial charge >= 0.3 is 5.97 Å². The molecule has 2 amide bonds. The van der Waals surface area contributed by atoms with Crippen molar-refractivity contribution in [3.8, 4) is 11.5 Å². The summed E-state index contributed by atoms with van der Waals surface area (Å²) in [6.07, 6.45) is 1.46. The summed E-state index contributed by atoms with van der Waals surface area (Å²) in [5.74, 6) is 0.352. The average molecular weight is 416 g/mol. The van der Waals surface area contributed by atoms with E-state index in [4.69, 9.17) is 18.6 Å². The first-order valence-corrected chi connectivity index (χ1v) is 9.49. The standard InChI is InChI=1S/C21H24N2O7/c1-27-16-6-5-15(12-18(16)28-2)13-20(25)30-14-19(24)22-7-9-23(10-8-22)21(26)17-4-3-11-29-17/h3-6,11-12H,7-10,13-14H2,1-2H3. The molecule has 1 fully saturated rings. The van der Waals surface area contributed by atoms with Crippen LogP contribution in [0.4, 0.5) is 0 Å². The van der Waals surface area contributed by atoms with Crippen molar-refractivity contribution >= 4 is 17.8 Å².